The van der Waals surface area contributed by atoms with Crippen molar-refractivity contribution in [2.24, 2.45) is 16.5 Å². The van der Waals surface area contributed by atoms with Crippen LogP contribution in [0.1, 0.15) is 37.3 Å². The summed E-state index contributed by atoms with van der Waals surface area (Å²) in [6, 6.07) is 13.0. The number of fused-ring (bicyclic) bond motifs is 1. The summed E-state index contributed by atoms with van der Waals surface area (Å²) in [5, 5.41) is 4.17. The minimum Gasteiger partial charge on any atom is -0.388 e. The van der Waals surface area contributed by atoms with Gasteiger partial charge in [-0.1, -0.05) is 29.8 Å². The van der Waals surface area contributed by atoms with Gasteiger partial charge >= 0.3 is 5.69 Å². The number of hydrogen-bond donors (Lipinski definition) is 4. The van der Waals surface area contributed by atoms with E-state index in [1.165, 1.54) is 4.57 Å². The monoisotopic (exact) mass is 591 g/mol. The SMILES string of the molecule is C=C.C=CC(CCN=C(C)N)NCc1ccc(-n2cc3cc(-c4cc(CCCCN)cc(Cl)c4F)[nH]c3nc2=O)cc1. The molecule has 0 saturated heterocycles. The summed E-state index contributed by atoms with van der Waals surface area (Å²) in [5.41, 5.74) is 14.6. The smallest absolute Gasteiger partial charge is 0.354 e. The lowest BCUT2D eigenvalue weighted by Gasteiger charge is -2.14. The van der Waals surface area contributed by atoms with E-state index in [0.29, 0.717) is 53.4 Å². The van der Waals surface area contributed by atoms with Gasteiger partial charge in [0.25, 0.3) is 0 Å². The molecule has 1 unspecified atom stereocenters. The molecule has 4 rings (SSSR count). The lowest BCUT2D eigenvalue weighted by molar-refractivity contribution is 0.563. The van der Waals surface area contributed by atoms with E-state index in [0.717, 1.165) is 36.8 Å². The van der Waals surface area contributed by atoms with Gasteiger partial charge in [-0.15, -0.1) is 19.7 Å². The summed E-state index contributed by atoms with van der Waals surface area (Å²) >= 11 is 6.20. The van der Waals surface area contributed by atoms with Crippen LogP contribution in [0.15, 0.2) is 84.3 Å². The van der Waals surface area contributed by atoms with Crippen LogP contribution < -0.4 is 22.5 Å². The van der Waals surface area contributed by atoms with Crippen molar-refractivity contribution in [2.75, 3.05) is 13.1 Å². The summed E-state index contributed by atoms with van der Waals surface area (Å²) in [4.78, 5) is 24.4. The van der Waals surface area contributed by atoms with Crippen LogP contribution in [0, 0.1) is 5.82 Å². The van der Waals surface area contributed by atoms with Gasteiger partial charge in [-0.05, 0) is 80.6 Å². The van der Waals surface area contributed by atoms with Crippen molar-refractivity contribution in [1.29, 1.82) is 0 Å². The third-order valence-electron chi connectivity index (χ3n) is 6.67. The van der Waals surface area contributed by atoms with E-state index in [1.54, 1.807) is 31.3 Å². The van der Waals surface area contributed by atoms with Gasteiger partial charge in [-0.25, -0.2) is 9.18 Å². The quantitative estimate of drug-likeness (QED) is 0.0689. The van der Waals surface area contributed by atoms with Gasteiger partial charge in [0.2, 0.25) is 0 Å². The minimum atomic E-state index is -0.517. The molecule has 0 aliphatic heterocycles. The molecule has 2 aromatic heterocycles. The average Bonchev–Trinajstić information content (AvgIpc) is 3.40. The normalized spacial score (nSPS) is 12.1. The van der Waals surface area contributed by atoms with Crippen LogP contribution >= 0.6 is 11.6 Å². The highest BCUT2D eigenvalue weighted by Crippen LogP contribution is 2.31. The molecule has 42 heavy (non-hydrogen) atoms. The number of nitrogens with zero attached hydrogens (tertiary/aromatic N) is 3. The molecule has 0 aliphatic rings. The molecule has 0 aliphatic carbocycles. The number of nitrogens with one attached hydrogen (secondary N) is 2. The standard InChI is InChI=1S/C30H35ClFN7O.C2H4/c1-3-23(11-13-35-19(2)34)36-17-20-7-9-24(10-8-20)39-18-22-16-27(37-29(22)38-30(39)40)25-14-21(6-4-5-12-33)15-26(31)28(25)32;1-2/h3,7-10,14-16,18,23,36H,1,4-6,11-13,17,33H2,2H3,(H2,34,35)(H,37,38,40);1-2H2. The number of rotatable bonds is 13. The number of hydrogen-bond acceptors (Lipinski definition) is 5. The van der Waals surface area contributed by atoms with Crippen molar-refractivity contribution in [3.63, 3.8) is 0 Å². The summed E-state index contributed by atoms with van der Waals surface area (Å²) in [7, 11) is 0. The molecule has 0 spiro atoms. The van der Waals surface area contributed by atoms with E-state index in [4.69, 9.17) is 23.1 Å². The van der Waals surface area contributed by atoms with Crippen molar-refractivity contribution in [2.45, 2.75) is 45.2 Å². The Morgan fingerprint density at radius 3 is 2.62 bits per heavy atom. The largest absolute Gasteiger partial charge is 0.388 e. The number of benzene rings is 2. The first-order chi connectivity index (χ1) is 20.3. The Labute approximate surface area is 251 Å². The van der Waals surface area contributed by atoms with E-state index in [-0.39, 0.29) is 11.1 Å². The molecular weight excluding hydrogens is 553 g/mol. The number of amidine groups is 1. The third kappa shape index (κ3) is 8.48. The second-order valence-corrected chi connectivity index (χ2v) is 10.2. The van der Waals surface area contributed by atoms with Gasteiger partial charge in [0.15, 0.2) is 5.82 Å². The summed E-state index contributed by atoms with van der Waals surface area (Å²) in [6.45, 7) is 13.5. The zero-order valence-electron chi connectivity index (χ0n) is 24.0. The molecule has 0 saturated carbocycles. The lowest BCUT2D eigenvalue weighted by Crippen LogP contribution is -2.27. The highest BCUT2D eigenvalue weighted by atomic mass is 35.5. The molecule has 4 aromatic rings. The van der Waals surface area contributed by atoms with Crippen LogP contribution in [0.4, 0.5) is 4.39 Å². The molecule has 0 amide bonds. The summed E-state index contributed by atoms with van der Waals surface area (Å²) in [5.74, 6) is 0.0492. The molecule has 6 N–H and O–H groups in total. The van der Waals surface area contributed by atoms with Crippen molar-refractivity contribution in [3.05, 3.63) is 107 Å². The molecule has 222 valence electrons. The fourth-order valence-electron chi connectivity index (χ4n) is 4.49. The number of aromatic amines is 1. The Hall–Kier alpha value is -4.05. The van der Waals surface area contributed by atoms with Crippen LogP contribution in [-0.2, 0) is 13.0 Å². The number of H-pyrrole nitrogens is 1. The van der Waals surface area contributed by atoms with Crippen LogP contribution in [0.25, 0.3) is 28.0 Å². The molecule has 2 heterocycles. The highest BCUT2D eigenvalue weighted by molar-refractivity contribution is 6.31. The van der Waals surface area contributed by atoms with Gasteiger partial charge in [-0.2, -0.15) is 4.98 Å². The first-order valence-electron chi connectivity index (χ1n) is 13.8. The van der Waals surface area contributed by atoms with E-state index >= 15 is 0 Å². The average molecular weight is 592 g/mol. The van der Waals surface area contributed by atoms with E-state index in [1.807, 2.05) is 30.3 Å². The van der Waals surface area contributed by atoms with Crippen LogP contribution in [0.2, 0.25) is 5.02 Å². The highest BCUT2D eigenvalue weighted by Gasteiger charge is 2.15. The Balaban J connectivity index is 0.00000237. The Morgan fingerprint density at radius 2 is 1.95 bits per heavy atom. The number of halogens is 2. The van der Waals surface area contributed by atoms with Crippen molar-refractivity contribution < 1.29 is 4.39 Å². The van der Waals surface area contributed by atoms with Crippen LogP contribution in [0.3, 0.4) is 0 Å². The number of aliphatic imine (C=N–C) groups is 1. The van der Waals surface area contributed by atoms with Gasteiger partial charge in [-0.3, -0.25) is 9.56 Å². The summed E-state index contributed by atoms with van der Waals surface area (Å²) < 4.78 is 16.5. The number of unbranched alkanes of at least 4 members (excludes halogenated alkanes) is 1. The molecule has 10 heteroatoms. The number of aryl methyl sites for hydroxylation is 1. The first-order valence-corrected chi connectivity index (χ1v) is 14.2. The van der Waals surface area contributed by atoms with Gasteiger partial charge in [0, 0.05) is 36.3 Å². The zero-order valence-corrected chi connectivity index (χ0v) is 24.8. The Morgan fingerprint density at radius 1 is 1.21 bits per heavy atom. The molecule has 1 atom stereocenters. The maximum absolute atomic E-state index is 15.0. The fourth-order valence-corrected chi connectivity index (χ4v) is 4.73. The van der Waals surface area contributed by atoms with E-state index in [2.05, 4.69) is 40.0 Å². The van der Waals surface area contributed by atoms with Crippen molar-refractivity contribution in [3.8, 4) is 16.9 Å². The maximum atomic E-state index is 15.0. The second kappa shape index (κ2) is 15.8. The van der Waals surface area contributed by atoms with Gasteiger partial charge < -0.3 is 21.8 Å². The van der Waals surface area contributed by atoms with Crippen molar-refractivity contribution >= 4 is 28.5 Å². The molecule has 0 fully saturated rings. The molecule has 0 bridgehead atoms. The lowest BCUT2D eigenvalue weighted by atomic mass is 10.0. The first kappa shape index (κ1) is 32.5. The maximum Gasteiger partial charge on any atom is 0.354 e. The molecule has 2 aromatic carbocycles. The number of nitrogens with two attached hydrogens (primary N) is 2. The van der Waals surface area contributed by atoms with E-state index < -0.39 is 11.5 Å². The van der Waals surface area contributed by atoms with Gasteiger partial charge in [0.05, 0.1) is 22.2 Å². The minimum absolute atomic E-state index is 0.0552. The Bertz CT molecular complexity index is 1570. The predicted octanol–water partition coefficient (Wildman–Crippen LogP) is 5.67. The summed E-state index contributed by atoms with van der Waals surface area (Å²) in [6.07, 6.45) is 6.87. The predicted molar refractivity (Wildman–Crippen MR) is 173 cm³/mol. The second-order valence-electron chi connectivity index (χ2n) is 9.77. The topological polar surface area (TPSA) is 127 Å². The zero-order chi connectivity index (χ0) is 30.6. The third-order valence-corrected chi connectivity index (χ3v) is 6.95. The van der Waals surface area contributed by atoms with Crippen LogP contribution in [-0.4, -0.2) is 39.5 Å². The molecule has 0 radical (unpaired) electrons. The molecule has 8 nitrogen and oxygen atoms in total. The van der Waals surface area contributed by atoms with E-state index in [9.17, 15) is 9.18 Å². The van der Waals surface area contributed by atoms with Gasteiger partial charge in [0.1, 0.15) is 5.65 Å². The Kier molecular flexibility index (Phi) is 12.2. The van der Waals surface area contributed by atoms with Crippen LogP contribution in [0.5, 0.6) is 0 Å². The van der Waals surface area contributed by atoms with Crippen molar-refractivity contribution in [1.82, 2.24) is 19.9 Å². The fraction of sp³-hybridized carbons (Fsp3) is 0.281. The number of aromatic nitrogens is 3. The molecular formula is C32H39ClFN7O.